The zero-order chi connectivity index (χ0) is 28.4. The summed E-state index contributed by atoms with van der Waals surface area (Å²) in [5, 5.41) is 2.13. The van der Waals surface area contributed by atoms with Gasteiger partial charge < -0.3 is 9.15 Å². The number of benzene rings is 1. The molecule has 0 spiro atoms. The van der Waals surface area contributed by atoms with E-state index < -0.39 is 0 Å². The van der Waals surface area contributed by atoms with E-state index in [0.717, 1.165) is 47.3 Å². The van der Waals surface area contributed by atoms with Crippen molar-refractivity contribution < 1.29 is 9.15 Å². The first-order valence-electron chi connectivity index (χ1n) is 15.7. The summed E-state index contributed by atoms with van der Waals surface area (Å²) < 4.78 is 12.3. The Balaban J connectivity index is 1.13. The van der Waals surface area contributed by atoms with Crippen molar-refractivity contribution in [1.82, 2.24) is 0 Å². The molecule has 0 saturated heterocycles. The Hall–Kier alpha value is -3.52. The lowest BCUT2D eigenvalue weighted by molar-refractivity contribution is 0.0415. The van der Waals surface area contributed by atoms with Gasteiger partial charge in [-0.2, -0.15) is 0 Å². The van der Waals surface area contributed by atoms with Gasteiger partial charge in [0.1, 0.15) is 17.1 Å². The van der Waals surface area contributed by atoms with Crippen LogP contribution in [0.1, 0.15) is 65.2 Å². The van der Waals surface area contributed by atoms with Crippen LogP contribution in [0.2, 0.25) is 0 Å². The van der Waals surface area contributed by atoms with E-state index in [9.17, 15) is 0 Å². The van der Waals surface area contributed by atoms with Crippen LogP contribution in [0.4, 0.5) is 0 Å². The van der Waals surface area contributed by atoms with Gasteiger partial charge >= 0.3 is 0 Å². The minimum atomic E-state index is 0.189. The highest BCUT2D eigenvalue weighted by Crippen LogP contribution is 2.39. The second kappa shape index (κ2) is 14.4. The first kappa shape index (κ1) is 29.0. The first-order chi connectivity index (χ1) is 20.2. The van der Waals surface area contributed by atoms with Crippen LogP contribution in [0.5, 0.6) is 0 Å². The molecule has 2 heteroatoms. The number of ether oxygens (including phenoxy) is 1. The van der Waals surface area contributed by atoms with Crippen molar-refractivity contribution in [2.75, 3.05) is 0 Å². The molecule has 0 radical (unpaired) electrons. The Bertz CT molecular complexity index is 1490. The van der Waals surface area contributed by atoms with Gasteiger partial charge in [-0.15, -0.1) is 0 Å². The van der Waals surface area contributed by atoms with E-state index >= 15 is 0 Å². The monoisotopic (exact) mass is 546 g/mol. The maximum absolute atomic E-state index is 6.29. The number of hydrogen-bond acceptors (Lipinski definition) is 2. The van der Waals surface area contributed by atoms with E-state index in [4.69, 9.17) is 9.15 Å². The van der Waals surface area contributed by atoms with Crippen molar-refractivity contribution in [2.24, 2.45) is 23.7 Å². The Morgan fingerprint density at radius 2 is 1.90 bits per heavy atom. The Morgan fingerprint density at radius 1 is 1.02 bits per heavy atom. The molecule has 2 aromatic rings. The van der Waals surface area contributed by atoms with Crippen LogP contribution in [-0.4, -0.2) is 6.10 Å². The fraction of sp³-hybridized carbons (Fsp3) is 0.385. The van der Waals surface area contributed by atoms with Gasteiger partial charge in [0.15, 0.2) is 0 Å². The largest absolute Gasteiger partial charge is 0.497 e. The van der Waals surface area contributed by atoms with Gasteiger partial charge in [-0.05, 0) is 81.6 Å². The molecule has 0 amide bonds. The molecule has 0 fully saturated rings. The van der Waals surface area contributed by atoms with Crippen molar-refractivity contribution >= 4 is 23.6 Å². The second-order valence-corrected chi connectivity index (χ2v) is 11.6. The molecule has 1 aromatic heterocycles. The molecule has 5 atom stereocenters. The van der Waals surface area contributed by atoms with Crippen LogP contribution >= 0.6 is 0 Å². The molecule has 0 saturated carbocycles. The van der Waals surface area contributed by atoms with Gasteiger partial charge in [0, 0.05) is 28.4 Å². The molecule has 2 heterocycles. The summed E-state index contributed by atoms with van der Waals surface area (Å²) in [6.07, 6.45) is 38.5. The maximum atomic E-state index is 6.29. The molecule has 0 bridgehead atoms. The summed E-state index contributed by atoms with van der Waals surface area (Å²) in [5.41, 5.74) is 4.95. The van der Waals surface area contributed by atoms with E-state index in [0.29, 0.717) is 23.7 Å². The first-order valence-corrected chi connectivity index (χ1v) is 15.7. The third-order valence-electron chi connectivity index (χ3n) is 9.12. The number of unbranched alkanes of at least 4 members (excludes halogenated alkanes) is 3. The van der Waals surface area contributed by atoms with E-state index in [1.54, 1.807) is 5.57 Å². The van der Waals surface area contributed by atoms with Crippen LogP contribution in [-0.2, 0) is 4.74 Å². The fourth-order valence-corrected chi connectivity index (χ4v) is 6.83. The standard InChI is InChI=1S/C39H46O2/c1-4-30(17-10-6-7-12-22-37-29(3)35-20-13-14-23-38(35)41-37)34(5-2)31-24-26-32(27-25-31)36-21-16-19-33-18-11-8-9-15-28-40-39(33)36/h4,8-9,11,13-16,18-20,22-26,28,32-34,36,39H,3,5-7,10,12,17,21,27H2,1-2H3/b9-8-,18-11+,28-15+,30-4+,37-22+. The molecular formula is C39H46O2. The number of fused-ring (bicyclic) bond motifs is 2. The molecule has 2 nitrogen and oxygen atoms in total. The zero-order valence-corrected chi connectivity index (χ0v) is 24.9. The van der Waals surface area contributed by atoms with Crippen molar-refractivity contribution in [1.29, 1.82) is 0 Å². The average Bonchev–Trinajstić information content (AvgIpc) is 3.39. The third kappa shape index (κ3) is 7.04. The van der Waals surface area contributed by atoms with Gasteiger partial charge in [-0.25, -0.2) is 0 Å². The summed E-state index contributed by atoms with van der Waals surface area (Å²) in [6, 6.07) is 8.16. The Morgan fingerprint density at radius 3 is 2.71 bits per heavy atom. The molecule has 2 aliphatic carbocycles. The predicted octanol–water partition coefficient (Wildman–Crippen LogP) is 9.27. The topological polar surface area (TPSA) is 22.4 Å². The van der Waals surface area contributed by atoms with Crippen molar-refractivity contribution in [3.8, 4) is 0 Å². The van der Waals surface area contributed by atoms with Gasteiger partial charge in [-0.3, -0.25) is 0 Å². The highest BCUT2D eigenvalue weighted by molar-refractivity contribution is 5.77. The fourth-order valence-electron chi connectivity index (χ4n) is 6.83. The number of allylic oxidation sites excluding steroid dienone is 11. The van der Waals surface area contributed by atoms with E-state index in [-0.39, 0.29) is 6.10 Å². The second-order valence-electron chi connectivity index (χ2n) is 11.6. The van der Waals surface area contributed by atoms with Gasteiger partial charge in [0.2, 0.25) is 0 Å². The lowest BCUT2D eigenvalue weighted by Gasteiger charge is -2.37. The van der Waals surface area contributed by atoms with Crippen molar-refractivity contribution in [2.45, 2.75) is 71.3 Å². The molecule has 5 rings (SSSR count). The van der Waals surface area contributed by atoms with Crippen molar-refractivity contribution in [3.05, 3.63) is 119 Å². The van der Waals surface area contributed by atoms with E-state index in [1.165, 1.54) is 31.3 Å². The molecule has 0 N–H and O–H groups in total. The van der Waals surface area contributed by atoms with E-state index in [1.807, 2.05) is 36.6 Å². The molecule has 1 aliphatic heterocycles. The van der Waals surface area contributed by atoms with Crippen LogP contribution in [0.3, 0.4) is 0 Å². The molecule has 41 heavy (non-hydrogen) atoms. The average molecular weight is 547 g/mol. The number of furan rings is 1. The summed E-state index contributed by atoms with van der Waals surface area (Å²) in [4.78, 5) is 0. The van der Waals surface area contributed by atoms with Gasteiger partial charge in [0.25, 0.3) is 0 Å². The zero-order valence-electron chi connectivity index (χ0n) is 24.9. The summed E-state index contributed by atoms with van der Waals surface area (Å²) in [6.45, 7) is 8.79. The van der Waals surface area contributed by atoms with E-state index in [2.05, 4.69) is 87.3 Å². The normalized spacial score (nSPS) is 27.7. The predicted molar refractivity (Wildman–Crippen MR) is 174 cm³/mol. The minimum absolute atomic E-state index is 0.189. The molecule has 5 unspecified atom stereocenters. The SMILES string of the molecule is C=c1/c(=C\CCCCC/C(=C\C)C(CC)C2=CCC(C3CC=CC4/C=C/C=C\C=C\OC43)C=C2)oc2ccccc12. The molecule has 1 aromatic carbocycles. The highest BCUT2D eigenvalue weighted by Gasteiger charge is 2.35. The third-order valence-corrected chi connectivity index (χ3v) is 9.12. The number of rotatable bonds is 10. The minimum Gasteiger partial charge on any atom is -0.497 e. The number of para-hydroxylation sites is 1. The van der Waals surface area contributed by atoms with Gasteiger partial charge in [0.05, 0.1) is 6.26 Å². The van der Waals surface area contributed by atoms with Crippen molar-refractivity contribution in [3.63, 3.8) is 0 Å². The molecule has 3 aliphatic rings. The summed E-state index contributed by atoms with van der Waals surface area (Å²) in [7, 11) is 0. The van der Waals surface area contributed by atoms with Gasteiger partial charge in [-0.1, -0.05) is 104 Å². The lowest BCUT2D eigenvalue weighted by atomic mass is 9.72. The highest BCUT2D eigenvalue weighted by atomic mass is 16.5. The van der Waals surface area contributed by atoms with Crippen LogP contribution < -0.4 is 10.6 Å². The number of hydrogen-bond donors (Lipinski definition) is 0. The summed E-state index contributed by atoms with van der Waals surface area (Å²) in [5.74, 6) is 1.85. The van der Waals surface area contributed by atoms with Crippen LogP contribution in [0.25, 0.3) is 23.6 Å². The lowest BCUT2D eigenvalue weighted by Crippen LogP contribution is -2.36. The molecular weight excluding hydrogens is 500 g/mol. The quantitative estimate of drug-likeness (QED) is 0.219. The summed E-state index contributed by atoms with van der Waals surface area (Å²) >= 11 is 0. The van der Waals surface area contributed by atoms with Crippen LogP contribution in [0, 0.1) is 23.7 Å². The maximum Gasteiger partial charge on any atom is 0.135 e. The Kier molecular flexibility index (Phi) is 10.2. The Labute approximate surface area is 246 Å². The smallest absolute Gasteiger partial charge is 0.135 e. The molecule has 214 valence electrons. The van der Waals surface area contributed by atoms with Crippen LogP contribution in [0.15, 0.2) is 113 Å².